The largest absolute Gasteiger partial charge is 0.379 e. The minimum atomic E-state index is -0.568. The molecule has 41 heavy (non-hydrogen) atoms. The van der Waals surface area contributed by atoms with Crippen molar-refractivity contribution in [2.75, 3.05) is 44.7 Å². The molecule has 216 valence electrons. The second kappa shape index (κ2) is 11.8. The van der Waals surface area contributed by atoms with Gasteiger partial charge < -0.3 is 19.9 Å². The minimum Gasteiger partial charge on any atom is -0.379 e. The van der Waals surface area contributed by atoms with Crippen LogP contribution >= 0.6 is 0 Å². The monoisotopic (exact) mass is 561 g/mol. The van der Waals surface area contributed by atoms with Gasteiger partial charge in [-0.05, 0) is 62.2 Å². The maximum absolute atomic E-state index is 15.1. The first kappa shape index (κ1) is 27.7. The maximum atomic E-state index is 15.1. The molecule has 2 aliphatic heterocycles. The highest BCUT2D eigenvalue weighted by molar-refractivity contribution is 5.79. The lowest BCUT2D eigenvalue weighted by Crippen LogP contribution is -2.53. The van der Waals surface area contributed by atoms with Gasteiger partial charge in [0.25, 0.3) is 0 Å². The van der Waals surface area contributed by atoms with E-state index >= 15 is 8.78 Å². The Kier molecular flexibility index (Phi) is 7.99. The number of morpholine rings is 1. The molecule has 0 saturated carbocycles. The van der Waals surface area contributed by atoms with E-state index in [4.69, 9.17) is 9.72 Å². The normalized spacial score (nSPS) is 20.5. The molecule has 2 atom stereocenters. The number of hydrogen-bond donors (Lipinski definition) is 2. The molecule has 2 aliphatic rings. The first-order valence-corrected chi connectivity index (χ1v) is 14.3. The van der Waals surface area contributed by atoms with Crippen LogP contribution in [-0.4, -0.2) is 75.8 Å². The number of rotatable bonds is 7. The Hall–Kier alpha value is -3.44. The van der Waals surface area contributed by atoms with Gasteiger partial charge in [-0.25, -0.2) is 13.8 Å². The van der Waals surface area contributed by atoms with E-state index in [0.717, 1.165) is 30.7 Å². The van der Waals surface area contributed by atoms with Crippen LogP contribution in [0.5, 0.6) is 0 Å². The van der Waals surface area contributed by atoms with Crippen LogP contribution in [0.4, 0.5) is 20.4 Å². The van der Waals surface area contributed by atoms with E-state index in [1.807, 2.05) is 17.0 Å². The lowest BCUT2D eigenvalue weighted by Gasteiger charge is -2.37. The highest BCUT2D eigenvalue weighted by atomic mass is 19.1. The zero-order chi connectivity index (χ0) is 28.5. The van der Waals surface area contributed by atoms with E-state index in [1.165, 1.54) is 23.3 Å². The molecule has 4 aromatic rings. The van der Waals surface area contributed by atoms with Gasteiger partial charge in [0.05, 0.1) is 18.9 Å². The van der Waals surface area contributed by atoms with Gasteiger partial charge in [0, 0.05) is 80.4 Å². The van der Waals surface area contributed by atoms with Crippen molar-refractivity contribution in [2.24, 2.45) is 0 Å². The molecular formula is C31H37F2N7O. The standard InChI is InChI=1S/C31H37F2N7O/c1-20-4-5-25(12-24(20)18-39-17-21(2)34-15-22(39)3)36-31-35-16-23-6-7-40(30(23)37-31)26-13-28(32)27(29(33)14-26)19-38-8-10-41-11-9-38/h4-7,12-14,16,21-22,34H,8-11,15,17-19H2,1-3H3,(H,35,36,37)/t21-,22+/m0/s1. The number of aromatic nitrogens is 3. The van der Waals surface area contributed by atoms with Crippen molar-refractivity contribution < 1.29 is 13.5 Å². The molecule has 0 aliphatic carbocycles. The van der Waals surface area contributed by atoms with Crippen molar-refractivity contribution in [3.8, 4) is 5.69 Å². The third-order valence-corrected chi connectivity index (χ3v) is 8.19. The fraction of sp³-hybridized carbons (Fsp3) is 0.419. The van der Waals surface area contributed by atoms with Crippen LogP contribution in [0.25, 0.3) is 16.7 Å². The molecule has 6 rings (SSSR count). The van der Waals surface area contributed by atoms with Crippen molar-refractivity contribution in [1.29, 1.82) is 0 Å². The molecule has 0 bridgehead atoms. The van der Waals surface area contributed by atoms with Gasteiger partial charge in [0.15, 0.2) is 0 Å². The summed E-state index contributed by atoms with van der Waals surface area (Å²) in [4.78, 5) is 13.7. The van der Waals surface area contributed by atoms with E-state index in [1.54, 1.807) is 17.0 Å². The Morgan fingerprint density at radius 3 is 2.61 bits per heavy atom. The Labute approximate surface area is 239 Å². The zero-order valence-corrected chi connectivity index (χ0v) is 23.8. The third-order valence-electron chi connectivity index (χ3n) is 8.19. The number of halogens is 2. The van der Waals surface area contributed by atoms with Gasteiger partial charge in [-0.15, -0.1) is 0 Å². The number of benzene rings is 2. The molecule has 2 aromatic carbocycles. The van der Waals surface area contributed by atoms with Crippen LogP contribution in [0.2, 0.25) is 0 Å². The number of anilines is 2. The predicted octanol–water partition coefficient (Wildman–Crippen LogP) is 4.77. The number of nitrogens with zero attached hydrogens (tertiary/aromatic N) is 5. The summed E-state index contributed by atoms with van der Waals surface area (Å²) in [6.45, 7) is 12.1. The number of aryl methyl sites for hydroxylation is 1. The molecule has 2 aromatic heterocycles. The first-order chi connectivity index (χ1) is 19.8. The van der Waals surface area contributed by atoms with Crippen molar-refractivity contribution in [3.05, 3.63) is 77.1 Å². The van der Waals surface area contributed by atoms with Crippen molar-refractivity contribution in [1.82, 2.24) is 29.7 Å². The summed E-state index contributed by atoms with van der Waals surface area (Å²) < 4.78 is 37.3. The number of ether oxygens (including phenoxy) is 1. The average molecular weight is 562 g/mol. The Bertz CT molecular complexity index is 1510. The van der Waals surface area contributed by atoms with Gasteiger partial charge in [0.1, 0.15) is 17.3 Å². The summed E-state index contributed by atoms with van der Waals surface area (Å²) >= 11 is 0. The molecule has 10 heteroatoms. The molecule has 2 fully saturated rings. The lowest BCUT2D eigenvalue weighted by atomic mass is 10.0. The first-order valence-electron chi connectivity index (χ1n) is 14.3. The third kappa shape index (κ3) is 6.11. The summed E-state index contributed by atoms with van der Waals surface area (Å²) in [6, 6.07) is 11.8. The van der Waals surface area contributed by atoms with Crippen molar-refractivity contribution >= 4 is 22.7 Å². The fourth-order valence-corrected chi connectivity index (χ4v) is 5.63. The topological polar surface area (TPSA) is 70.5 Å². The van der Waals surface area contributed by atoms with Crippen LogP contribution in [-0.2, 0) is 17.8 Å². The maximum Gasteiger partial charge on any atom is 0.229 e. The molecule has 0 spiro atoms. The van der Waals surface area contributed by atoms with Gasteiger partial charge in [-0.3, -0.25) is 9.80 Å². The van der Waals surface area contributed by atoms with Crippen LogP contribution in [0.1, 0.15) is 30.5 Å². The number of hydrogen-bond acceptors (Lipinski definition) is 7. The molecule has 2 saturated heterocycles. The zero-order valence-electron chi connectivity index (χ0n) is 23.8. The number of piperazine rings is 1. The molecule has 4 heterocycles. The summed E-state index contributed by atoms with van der Waals surface area (Å²) in [5, 5.41) is 7.65. The summed E-state index contributed by atoms with van der Waals surface area (Å²) in [7, 11) is 0. The van der Waals surface area contributed by atoms with Crippen molar-refractivity contribution in [3.63, 3.8) is 0 Å². The van der Waals surface area contributed by atoms with E-state index in [9.17, 15) is 0 Å². The van der Waals surface area contributed by atoms with E-state index in [0.29, 0.717) is 55.7 Å². The second-order valence-corrected chi connectivity index (χ2v) is 11.3. The molecule has 8 nitrogen and oxygen atoms in total. The van der Waals surface area contributed by atoms with Gasteiger partial charge in [-0.1, -0.05) is 6.07 Å². The van der Waals surface area contributed by atoms with Crippen LogP contribution in [0.3, 0.4) is 0 Å². The molecular weight excluding hydrogens is 524 g/mol. The van der Waals surface area contributed by atoms with Crippen LogP contribution in [0.15, 0.2) is 48.8 Å². The van der Waals surface area contributed by atoms with E-state index in [-0.39, 0.29) is 12.1 Å². The Morgan fingerprint density at radius 1 is 1.05 bits per heavy atom. The molecule has 2 N–H and O–H groups in total. The van der Waals surface area contributed by atoms with E-state index < -0.39 is 11.6 Å². The lowest BCUT2D eigenvalue weighted by molar-refractivity contribution is 0.0332. The second-order valence-electron chi connectivity index (χ2n) is 11.3. The summed E-state index contributed by atoms with van der Waals surface area (Å²) in [6.07, 6.45) is 3.48. The summed E-state index contributed by atoms with van der Waals surface area (Å²) in [5.41, 5.74) is 4.40. The van der Waals surface area contributed by atoms with Gasteiger partial charge in [0.2, 0.25) is 5.95 Å². The minimum absolute atomic E-state index is 0.0731. The van der Waals surface area contributed by atoms with Crippen molar-refractivity contribution in [2.45, 2.75) is 45.9 Å². The highest BCUT2D eigenvalue weighted by Gasteiger charge is 2.23. The fourth-order valence-electron chi connectivity index (χ4n) is 5.63. The number of fused-ring (bicyclic) bond motifs is 1. The smallest absolute Gasteiger partial charge is 0.229 e. The van der Waals surface area contributed by atoms with Crippen LogP contribution in [0, 0.1) is 18.6 Å². The predicted molar refractivity (Wildman–Crippen MR) is 157 cm³/mol. The molecule has 0 unspecified atom stereocenters. The highest BCUT2D eigenvalue weighted by Crippen LogP contribution is 2.26. The summed E-state index contributed by atoms with van der Waals surface area (Å²) in [5.74, 6) is -0.719. The molecule has 0 amide bonds. The van der Waals surface area contributed by atoms with E-state index in [2.05, 4.69) is 53.4 Å². The Morgan fingerprint density at radius 2 is 1.83 bits per heavy atom. The van der Waals surface area contributed by atoms with Gasteiger partial charge in [-0.2, -0.15) is 4.98 Å². The average Bonchev–Trinajstić information content (AvgIpc) is 3.38. The molecule has 0 radical (unpaired) electrons. The Balaban J connectivity index is 1.23. The quantitative estimate of drug-likeness (QED) is 0.337. The van der Waals surface area contributed by atoms with Gasteiger partial charge >= 0.3 is 0 Å². The van der Waals surface area contributed by atoms with Crippen LogP contribution < -0.4 is 10.6 Å². The number of nitrogens with one attached hydrogen (secondary N) is 2. The SMILES string of the molecule is Cc1ccc(Nc2ncc3ccn(-c4cc(F)c(CN5CCOCC5)c(F)c4)c3n2)cc1CN1C[C@H](C)NC[C@H]1C.